The summed E-state index contributed by atoms with van der Waals surface area (Å²) >= 11 is 0. The predicted molar refractivity (Wildman–Crippen MR) is 129 cm³/mol. The molecule has 0 saturated heterocycles. The number of hydrogen-bond donors (Lipinski definition) is 3. The van der Waals surface area contributed by atoms with Crippen LogP contribution in [0.5, 0.6) is 0 Å². The van der Waals surface area contributed by atoms with Crippen LogP contribution in [0.4, 0.5) is 0 Å². The molecule has 176 valence electrons. The summed E-state index contributed by atoms with van der Waals surface area (Å²) in [5, 5.41) is 30.5. The third-order valence-corrected chi connectivity index (χ3v) is 8.78. The van der Waals surface area contributed by atoms with E-state index in [2.05, 4.69) is 32.9 Å². The topological polar surface area (TPSA) is 60.7 Å². The van der Waals surface area contributed by atoms with Gasteiger partial charge in [-0.3, -0.25) is 0 Å². The Hall–Kier alpha value is -0.900. The highest BCUT2D eigenvalue weighted by atomic mass is 16.3. The van der Waals surface area contributed by atoms with Gasteiger partial charge in [-0.25, -0.2) is 0 Å². The van der Waals surface area contributed by atoms with Crippen molar-refractivity contribution in [3.8, 4) is 0 Å². The van der Waals surface area contributed by atoms with E-state index in [9.17, 15) is 15.3 Å². The van der Waals surface area contributed by atoms with Crippen molar-refractivity contribution >= 4 is 0 Å². The first-order chi connectivity index (χ1) is 14.4. The number of aliphatic hydroxyl groups is 3. The number of rotatable bonds is 7. The minimum Gasteiger partial charge on any atom is -0.393 e. The molecule has 0 aromatic carbocycles. The van der Waals surface area contributed by atoms with Crippen molar-refractivity contribution in [1.29, 1.82) is 0 Å². The van der Waals surface area contributed by atoms with Crippen LogP contribution in [-0.4, -0.2) is 33.1 Å². The smallest absolute Gasteiger partial charge is 0.0777 e. The Morgan fingerprint density at radius 3 is 2.68 bits per heavy atom. The molecule has 0 bridgehead atoms. The van der Waals surface area contributed by atoms with Crippen LogP contribution in [0.2, 0.25) is 0 Å². The van der Waals surface area contributed by atoms with Crippen molar-refractivity contribution in [2.24, 2.45) is 23.2 Å². The number of fused-ring (bicyclic) bond motifs is 1. The highest BCUT2D eigenvalue weighted by Crippen LogP contribution is 2.59. The Morgan fingerprint density at radius 2 is 2.00 bits per heavy atom. The molecule has 3 N–H and O–H groups in total. The molecule has 0 amide bonds. The molecule has 0 heterocycles. The lowest BCUT2D eigenvalue weighted by molar-refractivity contribution is 0.0613. The van der Waals surface area contributed by atoms with Gasteiger partial charge in [0.1, 0.15) is 0 Å². The van der Waals surface area contributed by atoms with Gasteiger partial charge in [-0.15, -0.1) is 0 Å². The standard InChI is InChI=1S/C28H46O3/c1-18(9-7-13-27(4,5)31)24-11-12-25-21(10-8-14-28(24,25)6)15-19(2)23-16-22(29)17-26(30)20(23)3/h10,15,18,22,24-26,29-31H,7-9,11-14,16-17H2,1-6H3. The quantitative estimate of drug-likeness (QED) is 0.458. The summed E-state index contributed by atoms with van der Waals surface area (Å²) in [5.41, 5.74) is 4.67. The van der Waals surface area contributed by atoms with Crippen molar-refractivity contribution in [1.82, 2.24) is 0 Å². The van der Waals surface area contributed by atoms with Gasteiger partial charge < -0.3 is 15.3 Å². The van der Waals surface area contributed by atoms with Crippen LogP contribution >= 0.6 is 0 Å². The molecule has 1 fully saturated rings. The van der Waals surface area contributed by atoms with E-state index in [0.29, 0.717) is 30.1 Å². The molecule has 6 atom stereocenters. The van der Waals surface area contributed by atoms with Crippen molar-refractivity contribution < 1.29 is 15.3 Å². The fourth-order valence-corrected chi connectivity index (χ4v) is 6.94. The molecule has 3 rings (SSSR count). The number of hydrogen-bond acceptors (Lipinski definition) is 3. The number of allylic oxidation sites excluding steroid dienone is 4. The van der Waals surface area contributed by atoms with Crippen molar-refractivity contribution in [3.05, 3.63) is 34.4 Å². The second-order valence-electron chi connectivity index (χ2n) is 11.8. The van der Waals surface area contributed by atoms with E-state index in [1.807, 2.05) is 20.8 Å². The Labute approximate surface area is 190 Å². The molecule has 3 nitrogen and oxygen atoms in total. The van der Waals surface area contributed by atoms with Gasteiger partial charge in [0.15, 0.2) is 0 Å². The van der Waals surface area contributed by atoms with Crippen molar-refractivity contribution in [3.63, 3.8) is 0 Å². The average Bonchev–Trinajstić information content (AvgIpc) is 3.01. The summed E-state index contributed by atoms with van der Waals surface area (Å²) in [6.07, 6.45) is 13.1. The average molecular weight is 431 g/mol. The van der Waals surface area contributed by atoms with E-state index in [1.165, 1.54) is 36.8 Å². The Kier molecular flexibility index (Phi) is 7.61. The van der Waals surface area contributed by atoms with Crippen LogP contribution < -0.4 is 0 Å². The summed E-state index contributed by atoms with van der Waals surface area (Å²) in [4.78, 5) is 0. The minimum absolute atomic E-state index is 0.351. The molecule has 0 aromatic heterocycles. The van der Waals surface area contributed by atoms with Gasteiger partial charge >= 0.3 is 0 Å². The third kappa shape index (κ3) is 5.54. The zero-order chi connectivity index (χ0) is 23.0. The van der Waals surface area contributed by atoms with E-state index in [0.717, 1.165) is 36.3 Å². The van der Waals surface area contributed by atoms with Crippen LogP contribution in [-0.2, 0) is 0 Å². The van der Waals surface area contributed by atoms with Gasteiger partial charge in [-0.05, 0) is 112 Å². The van der Waals surface area contributed by atoms with Crippen molar-refractivity contribution in [2.75, 3.05) is 0 Å². The summed E-state index contributed by atoms with van der Waals surface area (Å²) in [7, 11) is 0. The zero-order valence-electron chi connectivity index (χ0n) is 20.7. The molecule has 0 aromatic rings. The fraction of sp³-hybridized carbons (Fsp3) is 0.786. The summed E-state index contributed by atoms with van der Waals surface area (Å²) in [6, 6.07) is 0. The molecular formula is C28H46O3. The van der Waals surface area contributed by atoms with Crippen LogP contribution in [0.3, 0.4) is 0 Å². The lowest BCUT2D eigenvalue weighted by atomic mass is 9.62. The van der Waals surface area contributed by atoms with Gasteiger partial charge in [0.05, 0.1) is 17.8 Å². The van der Waals surface area contributed by atoms with Gasteiger partial charge in [-0.2, -0.15) is 0 Å². The highest BCUT2D eigenvalue weighted by molar-refractivity contribution is 5.43. The molecule has 1 saturated carbocycles. The van der Waals surface area contributed by atoms with Gasteiger partial charge in [-0.1, -0.05) is 38.8 Å². The van der Waals surface area contributed by atoms with Crippen LogP contribution in [0.25, 0.3) is 0 Å². The second kappa shape index (κ2) is 9.53. The monoisotopic (exact) mass is 430 g/mol. The van der Waals surface area contributed by atoms with E-state index in [1.54, 1.807) is 0 Å². The lowest BCUT2D eigenvalue weighted by Gasteiger charge is -2.43. The Balaban J connectivity index is 1.74. The molecule has 0 aliphatic heterocycles. The fourth-order valence-electron chi connectivity index (χ4n) is 6.94. The molecule has 6 unspecified atom stereocenters. The van der Waals surface area contributed by atoms with Crippen LogP contribution in [0.15, 0.2) is 34.4 Å². The molecule has 3 aliphatic rings. The Bertz CT molecular complexity index is 738. The highest BCUT2D eigenvalue weighted by Gasteiger charge is 2.49. The zero-order valence-corrected chi connectivity index (χ0v) is 20.7. The lowest BCUT2D eigenvalue weighted by Crippen LogP contribution is -2.35. The summed E-state index contributed by atoms with van der Waals surface area (Å²) in [6.45, 7) is 13.0. The maximum atomic E-state index is 10.3. The molecule has 0 radical (unpaired) electrons. The predicted octanol–water partition coefficient (Wildman–Crippen LogP) is 6.09. The van der Waals surface area contributed by atoms with Gasteiger partial charge in [0, 0.05) is 6.42 Å². The SMILES string of the molecule is CC(=CC1=CCCC2(C)C1CCC2C(C)CCCC(C)(C)O)C1=C(C)C(O)CC(O)C1. The molecule has 3 heteroatoms. The minimum atomic E-state index is -0.558. The molecular weight excluding hydrogens is 384 g/mol. The van der Waals surface area contributed by atoms with E-state index in [-0.39, 0.29) is 0 Å². The summed E-state index contributed by atoms with van der Waals surface area (Å²) < 4.78 is 0. The second-order valence-corrected chi connectivity index (χ2v) is 11.8. The third-order valence-electron chi connectivity index (χ3n) is 8.78. The van der Waals surface area contributed by atoms with Crippen molar-refractivity contribution in [2.45, 2.75) is 117 Å². The van der Waals surface area contributed by atoms with E-state index in [4.69, 9.17) is 0 Å². The first-order valence-electron chi connectivity index (χ1n) is 12.6. The van der Waals surface area contributed by atoms with Gasteiger partial charge in [0.25, 0.3) is 0 Å². The molecule has 0 spiro atoms. The van der Waals surface area contributed by atoms with Crippen LogP contribution in [0, 0.1) is 23.2 Å². The van der Waals surface area contributed by atoms with E-state index < -0.39 is 17.8 Å². The number of aliphatic hydroxyl groups excluding tert-OH is 2. The van der Waals surface area contributed by atoms with Gasteiger partial charge in [0.2, 0.25) is 0 Å². The maximum absolute atomic E-state index is 10.3. The maximum Gasteiger partial charge on any atom is 0.0777 e. The largest absolute Gasteiger partial charge is 0.393 e. The summed E-state index contributed by atoms with van der Waals surface area (Å²) in [5.74, 6) is 2.05. The Morgan fingerprint density at radius 1 is 1.29 bits per heavy atom. The normalized spacial score (nSPS) is 35.8. The first-order valence-corrected chi connectivity index (χ1v) is 12.6. The van der Waals surface area contributed by atoms with E-state index >= 15 is 0 Å². The first kappa shape index (κ1) is 24.7. The molecule has 3 aliphatic carbocycles. The molecule has 31 heavy (non-hydrogen) atoms. The van der Waals surface area contributed by atoms with Crippen LogP contribution in [0.1, 0.15) is 99.3 Å².